The largest absolute Gasteiger partial charge is 0.477 e. The number of nitrogens with one attached hydrogen (secondary N) is 1. The summed E-state index contributed by atoms with van der Waals surface area (Å²) in [5.74, 6) is -5.34. The molecule has 7 nitrogen and oxygen atoms in total. The Morgan fingerprint density at radius 3 is 2.12 bits per heavy atom. The van der Waals surface area contributed by atoms with Gasteiger partial charge in [-0.3, -0.25) is 23.9 Å². The maximum atomic E-state index is 15.0. The number of hydrogen-bond donors (Lipinski definition) is 1. The van der Waals surface area contributed by atoms with Crippen LogP contribution in [0.15, 0.2) is 54.6 Å². The summed E-state index contributed by atoms with van der Waals surface area (Å²) in [5.41, 5.74) is 1.75. The highest BCUT2D eigenvalue weighted by Gasteiger charge is 2.42. The van der Waals surface area contributed by atoms with E-state index < -0.39 is 57.9 Å². The molecule has 0 saturated carbocycles. The topological polar surface area (TPSA) is 107 Å². The Morgan fingerprint density at radius 2 is 1.53 bits per heavy atom. The molecule has 1 N–H and O–H groups in total. The van der Waals surface area contributed by atoms with Gasteiger partial charge in [-0.1, -0.05) is 63.0 Å². The zero-order chi connectivity index (χ0) is 37.8. The molecule has 11 heteroatoms. The molecule has 0 spiro atoms. The molecule has 0 fully saturated rings. The second kappa shape index (κ2) is 17.0. The lowest BCUT2D eigenvalue weighted by Gasteiger charge is -2.33. The molecule has 3 aromatic carbocycles. The molecule has 1 aliphatic carbocycles. The molecule has 0 aromatic heterocycles. The lowest BCUT2D eigenvalue weighted by molar-refractivity contribution is -0.135. The van der Waals surface area contributed by atoms with E-state index in [1.807, 2.05) is 26.8 Å². The summed E-state index contributed by atoms with van der Waals surface area (Å²) in [7, 11) is -1.66. The highest BCUT2D eigenvalue weighted by Crippen LogP contribution is 2.46. The standard InChI is InChI=1S/C40H46Cl2FNO6S/c1-8-28-35(46)21-33(34-18-26(42)13-16-37(34)50-40(9-2,10-3)39(48)44-51(7)49)36(47)20-31(24(6)45)23(5)32-17-25(41)12-15-29(32)38(28)30-19-27(43)14-11-22(30)4/h11-19,23,28,31,33,38H,8-10,20-21H2,1-7H3,(H,44,48). The zero-order valence-electron chi connectivity index (χ0n) is 30.1. The summed E-state index contributed by atoms with van der Waals surface area (Å²) >= 11 is 13.1. The second-order valence-electron chi connectivity index (χ2n) is 13.5. The predicted molar refractivity (Wildman–Crippen MR) is 200 cm³/mol. The molecule has 51 heavy (non-hydrogen) atoms. The van der Waals surface area contributed by atoms with Crippen molar-refractivity contribution in [3.05, 3.63) is 98.3 Å². The van der Waals surface area contributed by atoms with Gasteiger partial charge in [0.05, 0.1) is 5.92 Å². The fraction of sp³-hybridized carbons (Fsp3) is 0.450. The number of hydrogen-bond acceptors (Lipinski definition) is 6. The van der Waals surface area contributed by atoms with Crippen molar-refractivity contribution in [2.45, 2.75) is 97.0 Å². The lowest BCUT2D eigenvalue weighted by atomic mass is 9.71. The van der Waals surface area contributed by atoms with Crippen molar-refractivity contribution in [2.24, 2.45) is 11.8 Å². The Bertz CT molecular complexity index is 1840. The van der Waals surface area contributed by atoms with Gasteiger partial charge in [0.15, 0.2) is 5.60 Å². The van der Waals surface area contributed by atoms with Crippen LogP contribution >= 0.6 is 23.2 Å². The Labute approximate surface area is 312 Å². The number of Topliss-reactive ketones (excluding diaryl/α,β-unsaturated/α-hetero) is 3. The average Bonchev–Trinajstić information content (AvgIpc) is 3.09. The van der Waals surface area contributed by atoms with Gasteiger partial charge in [0.25, 0.3) is 5.91 Å². The number of carbonyl (C=O) groups excluding carboxylic acids is 4. The summed E-state index contributed by atoms with van der Waals surface area (Å²) in [6.45, 7) is 10.6. The number of aryl methyl sites for hydroxylation is 1. The average molecular weight is 759 g/mol. The first kappa shape index (κ1) is 40.4. The lowest BCUT2D eigenvalue weighted by Crippen LogP contribution is -2.51. The van der Waals surface area contributed by atoms with E-state index in [0.717, 1.165) is 16.7 Å². The third kappa shape index (κ3) is 8.81. The predicted octanol–water partition coefficient (Wildman–Crippen LogP) is 8.97. The third-order valence-electron chi connectivity index (χ3n) is 10.5. The minimum Gasteiger partial charge on any atom is -0.477 e. The number of halogens is 3. The van der Waals surface area contributed by atoms with Crippen LogP contribution in [0.1, 0.15) is 112 Å². The van der Waals surface area contributed by atoms with E-state index in [0.29, 0.717) is 22.6 Å². The Morgan fingerprint density at radius 1 is 0.902 bits per heavy atom. The van der Waals surface area contributed by atoms with E-state index in [9.17, 15) is 27.8 Å². The van der Waals surface area contributed by atoms with Crippen LogP contribution < -0.4 is 9.46 Å². The Hall–Kier alpha value is -3.40. The molecule has 1 amide bonds. The van der Waals surface area contributed by atoms with Crippen LogP contribution in [0.3, 0.4) is 0 Å². The molecule has 0 saturated heterocycles. The van der Waals surface area contributed by atoms with Crippen molar-refractivity contribution in [1.82, 2.24) is 4.72 Å². The van der Waals surface area contributed by atoms with Gasteiger partial charge >= 0.3 is 0 Å². The van der Waals surface area contributed by atoms with Crippen molar-refractivity contribution in [1.29, 1.82) is 0 Å². The normalized spacial score (nSPS) is 22.0. The molecular formula is C40H46Cl2FNO6S. The number of ketones is 3. The minimum atomic E-state index is -1.66. The molecule has 6 atom stereocenters. The van der Waals surface area contributed by atoms with E-state index in [1.165, 1.54) is 25.3 Å². The van der Waals surface area contributed by atoms with E-state index in [-0.39, 0.29) is 53.8 Å². The number of rotatable bonds is 10. The van der Waals surface area contributed by atoms with Crippen LogP contribution in [0.25, 0.3) is 0 Å². The van der Waals surface area contributed by atoms with Gasteiger partial charge in [0.1, 0.15) is 39.9 Å². The van der Waals surface area contributed by atoms with Crippen molar-refractivity contribution < 1.29 is 32.5 Å². The Balaban J connectivity index is 1.99. The molecule has 0 bridgehead atoms. The Kier molecular flexibility index (Phi) is 13.4. The summed E-state index contributed by atoms with van der Waals surface area (Å²) < 4.78 is 35.9. The monoisotopic (exact) mass is 757 g/mol. The van der Waals surface area contributed by atoms with Gasteiger partial charge in [-0.15, -0.1) is 0 Å². The van der Waals surface area contributed by atoms with Gasteiger partial charge in [-0.2, -0.15) is 0 Å². The first-order chi connectivity index (χ1) is 24.1. The van der Waals surface area contributed by atoms with Crippen LogP contribution in [0.2, 0.25) is 10.0 Å². The van der Waals surface area contributed by atoms with Crippen LogP contribution in [0.4, 0.5) is 4.39 Å². The summed E-state index contributed by atoms with van der Waals surface area (Å²) in [6, 6.07) is 14.6. The number of fused-ring (bicyclic) bond motifs is 1. The van der Waals surface area contributed by atoms with E-state index in [2.05, 4.69) is 4.72 Å². The number of amides is 1. The molecular weight excluding hydrogens is 712 g/mol. The van der Waals surface area contributed by atoms with Crippen LogP contribution in [-0.4, -0.2) is 39.3 Å². The summed E-state index contributed by atoms with van der Waals surface area (Å²) in [4.78, 5) is 56.2. The maximum Gasteiger partial charge on any atom is 0.275 e. The van der Waals surface area contributed by atoms with Gasteiger partial charge in [-0.25, -0.2) is 8.60 Å². The molecule has 0 aliphatic heterocycles. The van der Waals surface area contributed by atoms with Crippen molar-refractivity contribution in [2.75, 3.05) is 6.26 Å². The number of ether oxygens (including phenoxy) is 1. The first-order valence-corrected chi connectivity index (χ1v) is 19.6. The molecule has 1 aliphatic rings. The summed E-state index contributed by atoms with van der Waals surface area (Å²) in [5, 5.41) is 0.714. The molecule has 0 radical (unpaired) electrons. The fourth-order valence-electron chi connectivity index (χ4n) is 7.50. The van der Waals surface area contributed by atoms with E-state index in [1.54, 1.807) is 50.2 Å². The third-order valence-corrected chi connectivity index (χ3v) is 11.4. The molecule has 3 aromatic rings. The molecule has 4 rings (SSSR count). The van der Waals surface area contributed by atoms with E-state index >= 15 is 0 Å². The van der Waals surface area contributed by atoms with Crippen LogP contribution in [-0.2, 0) is 30.2 Å². The highest BCUT2D eigenvalue weighted by molar-refractivity contribution is 7.82. The van der Waals surface area contributed by atoms with Gasteiger partial charge in [-0.05, 0) is 104 Å². The highest BCUT2D eigenvalue weighted by atomic mass is 35.5. The summed E-state index contributed by atoms with van der Waals surface area (Å²) in [6.07, 6.45) is 1.70. The number of benzene rings is 3. The van der Waals surface area contributed by atoms with Gasteiger partial charge in [0, 0.05) is 52.5 Å². The van der Waals surface area contributed by atoms with Gasteiger partial charge in [0.2, 0.25) is 0 Å². The quantitative estimate of drug-likeness (QED) is 0.221. The van der Waals surface area contributed by atoms with Crippen LogP contribution in [0.5, 0.6) is 5.75 Å². The second-order valence-corrected chi connectivity index (χ2v) is 15.5. The van der Waals surface area contributed by atoms with Crippen molar-refractivity contribution in [3.8, 4) is 5.75 Å². The fourth-order valence-corrected chi connectivity index (χ4v) is 8.31. The first-order valence-electron chi connectivity index (χ1n) is 17.3. The SMILES string of the molecule is CCC1C(=O)CC(c2cc(Cl)ccc2OC(CC)(CC)C(=O)NS(C)=O)C(=O)CC(C(C)=O)C(C)c2cc(Cl)ccc2C1c1cc(F)ccc1C. The molecule has 0 heterocycles. The number of carbonyl (C=O) groups is 4. The molecule has 274 valence electrons. The van der Waals surface area contributed by atoms with Crippen molar-refractivity contribution >= 4 is 57.4 Å². The maximum absolute atomic E-state index is 15.0. The van der Waals surface area contributed by atoms with Crippen molar-refractivity contribution in [3.63, 3.8) is 0 Å². The molecule has 6 unspecified atom stereocenters. The zero-order valence-corrected chi connectivity index (χ0v) is 32.4. The smallest absolute Gasteiger partial charge is 0.275 e. The van der Waals surface area contributed by atoms with Gasteiger partial charge < -0.3 is 4.74 Å². The van der Waals surface area contributed by atoms with Crippen LogP contribution in [0, 0.1) is 24.6 Å². The minimum absolute atomic E-state index is 0.175. The van der Waals surface area contributed by atoms with E-state index in [4.69, 9.17) is 27.9 Å².